The largest absolute Gasteiger partial charge is 0.496 e. The van der Waals surface area contributed by atoms with Crippen molar-refractivity contribution in [3.8, 4) is 5.75 Å². The zero-order chi connectivity index (χ0) is 12.0. The molecule has 3 heteroatoms. The molecule has 1 rings (SSSR count). The first-order valence-electron chi connectivity index (χ1n) is 5.54. The van der Waals surface area contributed by atoms with E-state index in [-0.39, 0.29) is 0 Å². The Hall–Kier alpha value is -0.670. The molecule has 0 spiro atoms. The molecular formula is C13H20O2S. The lowest BCUT2D eigenvalue weighted by Gasteiger charge is -2.14. The molecule has 0 aromatic heterocycles. The van der Waals surface area contributed by atoms with Gasteiger partial charge in [0.15, 0.2) is 0 Å². The lowest BCUT2D eigenvalue weighted by atomic mass is 10.1. The van der Waals surface area contributed by atoms with Crippen LogP contribution >= 0.6 is 11.8 Å². The smallest absolute Gasteiger partial charge is 0.124 e. The van der Waals surface area contributed by atoms with E-state index in [1.54, 1.807) is 18.9 Å². The van der Waals surface area contributed by atoms with Crippen molar-refractivity contribution in [2.45, 2.75) is 20.0 Å². The van der Waals surface area contributed by atoms with Gasteiger partial charge in [0.05, 0.1) is 13.2 Å². The number of hydrogen-bond acceptors (Lipinski definition) is 3. The molecule has 1 atom stereocenters. The van der Waals surface area contributed by atoms with Crippen LogP contribution in [0, 0.1) is 5.92 Å². The minimum atomic E-state index is -0.445. The molecule has 0 aliphatic heterocycles. The van der Waals surface area contributed by atoms with Crippen LogP contribution in [0.15, 0.2) is 24.3 Å². The van der Waals surface area contributed by atoms with Crippen molar-refractivity contribution in [2.24, 2.45) is 5.92 Å². The lowest BCUT2D eigenvalue weighted by Crippen LogP contribution is -2.04. The molecular weight excluding hydrogens is 220 g/mol. The molecule has 2 nitrogen and oxygen atoms in total. The summed E-state index contributed by atoms with van der Waals surface area (Å²) in [6, 6.07) is 7.63. The highest BCUT2D eigenvalue weighted by molar-refractivity contribution is 7.99. The summed E-state index contributed by atoms with van der Waals surface area (Å²) in [7, 11) is 1.63. The maximum absolute atomic E-state index is 10.0. The van der Waals surface area contributed by atoms with E-state index in [0.717, 1.165) is 22.8 Å². The van der Waals surface area contributed by atoms with Crippen molar-refractivity contribution in [3.63, 3.8) is 0 Å². The number of rotatable bonds is 6. The topological polar surface area (TPSA) is 29.5 Å². The Kier molecular flexibility index (Phi) is 5.71. The van der Waals surface area contributed by atoms with Crippen LogP contribution < -0.4 is 4.74 Å². The number of para-hydroxylation sites is 1. The van der Waals surface area contributed by atoms with Gasteiger partial charge in [-0.1, -0.05) is 32.0 Å². The van der Waals surface area contributed by atoms with Gasteiger partial charge >= 0.3 is 0 Å². The molecule has 0 bridgehead atoms. The van der Waals surface area contributed by atoms with Crippen molar-refractivity contribution in [3.05, 3.63) is 29.8 Å². The fourth-order valence-electron chi connectivity index (χ4n) is 1.45. The highest BCUT2D eigenvalue weighted by Crippen LogP contribution is 2.27. The van der Waals surface area contributed by atoms with Gasteiger partial charge in [-0.25, -0.2) is 0 Å². The van der Waals surface area contributed by atoms with Gasteiger partial charge in [0.25, 0.3) is 0 Å². The van der Waals surface area contributed by atoms with Crippen molar-refractivity contribution < 1.29 is 9.84 Å². The monoisotopic (exact) mass is 240 g/mol. The van der Waals surface area contributed by atoms with Gasteiger partial charge in [-0.05, 0) is 17.7 Å². The summed E-state index contributed by atoms with van der Waals surface area (Å²) in [6.45, 7) is 4.37. The maximum Gasteiger partial charge on any atom is 0.124 e. The third-order valence-corrected chi connectivity index (χ3v) is 3.68. The van der Waals surface area contributed by atoms with E-state index in [0.29, 0.717) is 5.92 Å². The van der Waals surface area contributed by atoms with Gasteiger partial charge in [-0.3, -0.25) is 0 Å². The third-order valence-electron chi connectivity index (χ3n) is 2.22. The number of benzene rings is 1. The Morgan fingerprint density at radius 3 is 2.56 bits per heavy atom. The van der Waals surface area contributed by atoms with Crippen LogP contribution in [0.4, 0.5) is 0 Å². The third kappa shape index (κ3) is 4.06. The van der Waals surface area contributed by atoms with E-state index in [4.69, 9.17) is 4.74 Å². The Morgan fingerprint density at radius 1 is 1.25 bits per heavy atom. The van der Waals surface area contributed by atoms with Crippen molar-refractivity contribution in [2.75, 3.05) is 18.6 Å². The summed E-state index contributed by atoms with van der Waals surface area (Å²) in [4.78, 5) is 0. The van der Waals surface area contributed by atoms with Gasteiger partial charge in [0.2, 0.25) is 0 Å². The van der Waals surface area contributed by atoms with E-state index in [1.165, 1.54) is 0 Å². The van der Waals surface area contributed by atoms with Crippen LogP contribution in [-0.4, -0.2) is 23.7 Å². The SMILES string of the molecule is COc1ccccc1C(O)CSCC(C)C. The minimum absolute atomic E-state index is 0.445. The fourth-order valence-corrected chi connectivity index (χ4v) is 2.46. The van der Waals surface area contributed by atoms with E-state index >= 15 is 0 Å². The molecule has 0 saturated carbocycles. The predicted molar refractivity (Wildman–Crippen MR) is 70.1 cm³/mol. The molecule has 90 valence electrons. The van der Waals surface area contributed by atoms with Crippen LogP contribution in [0.5, 0.6) is 5.75 Å². The average Bonchev–Trinajstić information content (AvgIpc) is 2.28. The Labute approximate surface area is 102 Å². The first-order chi connectivity index (χ1) is 7.65. The first-order valence-corrected chi connectivity index (χ1v) is 6.69. The van der Waals surface area contributed by atoms with Crippen LogP contribution in [-0.2, 0) is 0 Å². The number of ether oxygens (including phenoxy) is 1. The summed E-state index contributed by atoms with van der Waals surface area (Å²) >= 11 is 1.78. The molecule has 0 aliphatic rings. The fraction of sp³-hybridized carbons (Fsp3) is 0.538. The highest BCUT2D eigenvalue weighted by atomic mass is 32.2. The van der Waals surface area contributed by atoms with E-state index in [2.05, 4.69) is 13.8 Å². The molecule has 1 aromatic rings. The van der Waals surface area contributed by atoms with Gasteiger partial charge in [-0.15, -0.1) is 0 Å². The van der Waals surface area contributed by atoms with Crippen LogP contribution in [0.3, 0.4) is 0 Å². The van der Waals surface area contributed by atoms with Crippen molar-refractivity contribution in [1.82, 2.24) is 0 Å². The van der Waals surface area contributed by atoms with E-state index < -0.39 is 6.10 Å². The van der Waals surface area contributed by atoms with Crippen molar-refractivity contribution >= 4 is 11.8 Å². The highest BCUT2D eigenvalue weighted by Gasteiger charge is 2.12. The number of aliphatic hydroxyl groups excluding tert-OH is 1. The molecule has 16 heavy (non-hydrogen) atoms. The van der Waals surface area contributed by atoms with Crippen LogP contribution in [0.25, 0.3) is 0 Å². The molecule has 0 saturated heterocycles. The van der Waals surface area contributed by atoms with E-state index in [9.17, 15) is 5.11 Å². The quantitative estimate of drug-likeness (QED) is 0.828. The molecule has 0 aliphatic carbocycles. The average molecular weight is 240 g/mol. The second kappa shape index (κ2) is 6.81. The zero-order valence-corrected chi connectivity index (χ0v) is 11.0. The Bertz CT molecular complexity index is 313. The predicted octanol–water partition coefficient (Wildman–Crippen LogP) is 3.12. The Balaban J connectivity index is 2.55. The summed E-state index contributed by atoms with van der Waals surface area (Å²) in [5, 5.41) is 10.0. The van der Waals surface area contributed by atoms with Gasteiger partial charge in [-0.2, -0.15) is 11.8 Å². The van der Waals surface area contributed by atoms with E-state index in [1.807, 2.05) is 24.3 Å². The molecule has 1 unspecified atom stereocenters. The number of aliphatic hydroxyl groups is 1. The van der Waals surface area contributed by atoms with Gasteiger partial charge in [0, 0.05) is 11.3 Å². The molecule has 0 amide bonds. The number of methoxy groups -OCH3 is 1. The maximum atomic E-state index is 10.0. The normalized spacial score (nSPS) is 12.8. The molecule has 1 aromatic carbocycles. The van der Waals surface area contributed by atoms with Crippen LogP contribution in [0.1, 0.15) is 25.5 Å². The molecule has 0 radical (unpaired) electrons. The van der Waals surface area contributed by atoms with Crippen molar-refractivity contribution in [1.29, 1.82) is 0 Å². The minimum Gasteiger partial charge on any atom is -0.496 e. The van der Waals surface area contributed by atoms with Gasteiger partial charge in [0.1, 0.15) is 5.75 Å². The summed E-state index contributed by atoms with van der Waals surface area (Å²) in [5.74, 6) is 3.22. The zero-order valence-electron chi connectivity index (χ0n) is 10.1. The first kappa shape index (κ1) is 13.4. The second-order valence-corrected chi connectivity index (χ2v) is 5.26. The Morgan fingerprint density at radius 2 is 1.94 bits per heavy atom. The lowest BCUT2D eigenvalue weighted by molar-refractivity contribution is 0.199. The summed E-state index contributed by atoms with van der Waals surface area (Å²) in [6.07, 6.45) is -0.445. The standard InChI is InChI=1S/C13H20O2S/c1-10(2)8-16-9-12(14)11-6-4-5-7-13(11)15-3/h4-7,10,12,14H,8-9H2,1-3H3. The molecule has 1 N–H and O–H groups in total. The van der Waals surface area contributed by atoms with Crippen LogP contribution in [0.2, 0.25) is 0 Å². The molecule has 0 fully saturated rings. The van der Waals surface area contributed by atoms with Gasteiger partial charge < -0.3 is 9.84 Å². The summed E-state index contributed by atoms with van der Waals surface area (Å²) in [5.41, 5.74) is 0.876. The number of hydrogen-bond donors (Lipinski definition) is 1. The summed E-state index contributed by atoms with van der Waals surface area (Å²) < 4.78 is 5.22. The molecule has 0 heterocycles. The number of thioether (sulfide) groups is 1. The second-order valence-electron chi connectivity index (χ2n) is 4.19.